The third-order valence-corrected chi connectivity index (χ3v) is 6.75. The zero-order valence-corrected chi connectivity index (χ0v) is 20.9. The molecule has 0 amide bonds. The van der Waals surface area contributed by atoms with Crippen LogP contribution in [0.2, 0.25) is 0 Å². The molecule has 2 aromatic carbocycles. The Labute approximate surface area is 214 Å². The molecule has 0 radical (unpaired) electrons. The van der Waals surface area contributed by atoms with Crippen LogP contribution in [-0.4, -0.2) is 49.2 Å². The highest BCUT2D eigenvalue weighted by atomic mass is 19.1. The minimum atomic E-state index is -0.775. The Morgan fingerprint density at radius 3 is 2.46 bits per heavy atom. The number of nitrogens with zero attached hydrogens (tertiary/aromatic N) is 3. The average molecular weight is 513 g/mol. The maximum atomic E-state index is 14.7. The lowest BCUT2D eigenvalue weighted by Gasteiger charge is -2.38. The van der Waals surface area contributed by atoms with Gasteiger partial charge in [-0.25, -0.2) is 18.7 Å². The predicted octanol–water partition coefficient (Wildman–Crippen LogP) is 4.99. The van der Waals surface area contributed by atoms with E-state index in [1.807, 2.05) is 18.2 Å². The summed E-state index contributed by atoms with van der Waals surface area (Å²) in [6.45, 7) is 4.50. The van der Waals surface area contributed by atoms with Gasteiger partial charge in [-0.3, -0.25) is 0 Å². The van der Waals surface area contributed by atoms with Gasteiger partial charge < -0.3 is 29.2 Å². The number of ether oxygens (including phenoxy) is 4. The largest absolute Gasteiger partial charge is 0.494 e. The minimum absolute atomic E-state index is 0.0147. The molecule has 2 aliphatic rings. The van der Waals surface area contributed by atoms with Crippen LogP contribution in [0, 0.1) is 11.6 Å². The van der Waals surface area contributed by atoms with Crippen molar-refractivity contribution in [2.75, 3.05) is 43.6 Å². The first kappa shape index (κ1) is 25.2. The van der Waals surface area contributed by atoms with Crippen LogP contribution in [0.1, 0.15) is 30.9 Å². The van der Waals surface area contributed by atoms with Gasteiger partial charge >= 0.3 is 0 Å². The van der Waals surface area contributed by atoms with Crippen molar-refractivity contribution in [2.24, 2.45) is 0 Å². The van der Waals surface area contributed by atoms with E-state index in [0.29, 0.717) is 31.1 Å². The molecule has 1 spiro atoms. The highest BCUT2D eigenvalue weighted by Crippen LogP contribution is 2.34. The van der Waals surface area contributed by atoms with E-state index in [-0.39, 0.29) is 23.7 Å². The number of methoxy groups -OCH3 is 1. The molecule has 0 atom stereocenters. The third-order valence-electron chi connectivity index (χ3n) is 6.75. The lowest BCUT2D eigenvalue weighted by atomic mass is 10.0. The third kappa shape index (κ3) is 5.45. The number of piperidine rings is 1. The number of hydrogen-bond donors (Lipinski definition) is 1. The molecule has 0 bridgehead atoms. The highest BCUT2D eigenvalue weighted by molar-refractivity contribution is 5.62. The van der Waals surface area contributed by atoms with Gasteiger partial charge in [-0.05, 0) is 36.2 Å². The summed E-state index contributed by atoms with van der Waals surface area (Å²) in [5.74, 6) is -1.17. The van der Waals surface area contributed by atoms with Gasteiger partial charge in [0.25, 0.3) is 0 Å². The van der Waals surface area contributed by atoms with Crippen molar-refractivity contribution in [3.8, 4) is 11.5 Å². The van der Waals surface area contributed by atoms with Crippen molar-refractivity contribution >= 4 is 17.3 Å². The number of anilines is 3. The summed E-state index contributed by atoms with van der Waals surface area (Å²) >= 11 is 0. The Balaban J connectivity index is 1.20. The molecule has 10 heteroatoms. The second kappa shape index (κ2) is 10.9. The van der Waals surface area contributed by atoms with E-state index in [9.17, 15) is 8.78 Å². The maximum Gasteiger partial charge on any atom is 0.227 e. The van der Waals surface area contributed by atoms with Gasteiger partial charge in [0, 0.05) is 37.3 Å². The number of aryl methyl sites for hydroxylation is 1. The first-order chi connectivity index (χ1) is 18.0. The van der Waals surface area contributed by atoms with Gasteiger partial charge in [0.2, 0.25) is 5.95 Å². The lowest BCUT2D eigenvalue weighted by Crippen LogP contribution is -2.45. The van der Waals surface area contributed by atoms with Crippen molar-refractivity contribution in [2.45, 2.75) is 38.6 Å². The summed E-state index contributed by atoms with van der Waals surface area (Å²) in [5.41, 5.74) is 2.10. The fourth-order valence-electron chi connectivity index (χ4n) is 4.67. The number of benzene rings is 2. The Bertz CT molecular complexity index is 1200. The summed E-state index contributed by atoms with van der Waals surface area (Å²) < 4.78 is 51.5. The smallest absolute Gasteiger partial charge is 0.227 e. The molecule has 3 heterocycles. The average Bonchev–Trinajstić information content (AvgIpc) is 3.38. The molecular weight excluding hydrogens is 482 g/mol. The normalized spacial score (nSPS) is 16.7. The van der Waals surface area contributed by atoms with Crippen LogP contribution in [0.25, 0.3) is 0 Å². The Kier molecular flexibility index (Phi) is 7.38. The summed E-state index contributed by atoms with van der Waals surface area (Å²) in [6, 6.07) is 9.39. The predicted molar refractivity (Wildman–Crippen MR) is 134 cm³/mol. The van der Waals surface area contributed by atoms with Gasteiger partial charge in [-0.2, -0.15) is 0 Å². The van der Waals surface area contributed by atoms with Gasteiger partial charge in [0.05, 0.1) is 38.3 Å². The van der Waals surface area contributed by atoms with Crippen molar-refractivity contribution < 1.29 is 27.7 Å². The van der Waals surface area contributed by atoms with Gasteiger partial charge in [0.15, 0.2) is 23.1 Å². The van der Waals surface area contributed by atoms with E-state index < -0.39 is 17.4 Å². The van der Waals surface area contributed by atoms with E-state index in [4.69, 9.17) is 18.9 Å². The van der Waals surface area contributed by atoms with Crippen LogP contribution >= 0.6 is 0 Å². The molecule has 8 nitrogen and oxygen atoms in total. The number of hydrogen-bond acceptors (Lipinski definition) is 8. The zero-order chi connectivity index (χ0) is 25.8. The summed E-state index contributed by atoms with van der Waals surface area (Å²) in [6.07, 6.45) is 4.99. The van der Waals surface area contributed by atoms with Crippen LogP contribution in [0.5, 0.6) is 11.5 Å². The quantitative estimate of drug-likeness (QED) is 0.452. The summed E-state index contributed by atoms with van der Waals surface area (Å²) in [7, 11) is 1.34. The molecule has 0 unspecified atom stereocenters. The molecule has 2 aliphatic heterocycles. The molecule has 0 aliphatic carbocycles. The second-order valence-electron chi connectivity index (χ2n) is 9.00. The lowest BCUT2D eigenvalue weighted by molar-refractivity contribution is -0.169. The first-order valence-corrected chi connectivity index (χ1v) is 12.4. The first-order valence-electron chi connectivity index (χ1n) is 12.4. The minimum Gasteiger partial charge on any atom is -0.494 e. The monoisotopic (exact) mass is 512 g/mol. The highest BCUT2D eigenvalue weighted by Gasteiger charge is 2.39. The molecule has 3 aromatic rings. The van der Waals surface area contributed by atoms with Crippen LogP contribution in [-0.2, 0) is 22.5 Å². The molecular formula is C27H30F2N4O4. The van der Waals surface area contributed by atoms with Gasteiger partial charge in [0.1, 0.15) is 12.4 Å². The fourth-order valence-corrected chi connectivity index (χ4v) is 4.67. The molecule has 196 valence electrons. The maximum absolute atomic E-state index is 14.7. The van der Waals surface area contributed by atoms with E-state index in [1.54, 1.807) is 6.92 Å². The van der Waals surface area contributed by atoms with E-state index >= 15 is 0 Å². The Morgan fingerprint density at radius 1 is 1.05 bits per heavy atom. The number of nitrogens with one attached hydrogen (secondary N) is 1. The topological polar surface area (TPSA) is 78.0 Å². The number of rotatable bonds is 8. The number of halogens is 2. The van der Waals surface area contributed by atoms with Crippen molar-refractivity contribution in [3.05, 3.63) is 65.5 Å². The second-order valence-corrected chi connectivity index (χ2v) is 9.00. The zero-order valence-electron chi connectivity index (χ0n) is 20.9. The molecule has 0 saturated carbocycles. The van der Waals surface area contributed by atoms with Crippen LogP contribution < -0.4 is 19.7 Å². The van der Waals surface area contributed by atoms with Crippen LogP contribution in [0.15, 0.2) is 42.7 Å². The molecule has 5 rings (SSSR count). The Morgan fingerprint density at radius 2 is 1.78 bits per heavy atom. The van der Waals surface area contributed by atoms with E-state index in [2.05, 4.69) is 26.3 Å². The van der Waals surface area contributed by atoms with Crippen molar-refractivity contribution in [3.63, 3.8) is 0 Å². The SMILES string of the molecule is CCc1cc(OC)c(F)c(COc2cnc(Nc3cccc(N4CCC5(CC4)OCCO5)c3)nc2)c1F. The van der Waals surface area contributed by atoms with E-state index in [1.165, 1.54) is 25.6 Å². The molecule has 37 heavy (non-hydrogen) atoms. The number of aromatic nitrogens is 2. The molecule has 1 N–H and O–H groups in total. The molecule has 2 fully saturated rings. The van der Waals surface area contributed by atoms with E-state index in [0.717, 1.165) is 37.3 Å². The van der Waals surface area contributed by atoms with Crippen molar-refractivity contribution in [1.29, 1.82) is 0 Å². The Hall–Kier alpha value is -3.50. The van der Waals surface area contributed by atoms with Crippen LogP contribution in [0.3, 0.4) is 0 Å². The fraction of sp³-hybridized carbons (Fsp3) is 0.407. The standard InChI is InChI=1S/C27H30F2N4O4/c1-3-18-13-23(34-2)25(29)22(24(18)28)17-35-21-15-30-26(31-16-21)32-19-5-4-6-20(14-19)33-9-7-27(8-10-33)36-11-12-37-27/h4-6,13-16H,3,7-12,17H2,1-2H3,(H,30,31,32). The molecule has 2 saturated heterocycles. The van der Waals surface area contributed by atoms with Crippen molar-refractivity contribution in [1.82, 2.24) is 9.97 Å². The summed E-state index contributed by atoms with van der Waals surface area (Å²) in [5, 5.41) is 3.19. The molecule has 1 aromatic heterocycles. The van der Waals surface area contributed by atoms with Gasteiger partial charge in [-0.1, -0.05) is 13.0 Å². The summed E-state index contributed by atoms with van der Waals surface area (Å²) in [4.78, 5) is 10.9. The van der Waals surface area contributed by atoms with Gasteiger partial charge in [-0.15, -0.1) is 0 Å². The van der Waals surface area contributed by atoms with Crippen LogP contribution in [0.4, 0.5) is 26.1 Å².